The first-order valence-corrected chi connectivity index (χ1v) is 25.4. The minimum atomic E-state index is -0.149. The molecule has 0 unspecified atom stereocenters. The Bertz CT molecular complexity index is 4150. The summed E-state index contributed by atoms with van der Waals surface area (Å²) >= 11 is 0. The number of anilines is 9. The molecule has 0 atom stereocenters. The number of rotatable bonds is 6. The molecular weight excluding hydrogens is 902 g/mol. The van der Waals surface area contributed by atoms with Crippen LogP contribution in [0.5, 0.6) is 23.0 Å². The third-order valence-electron chi connectivity index (χ3n) is 15.6. The van der Waals surface area contributed by atoms with E-state index in [1.807, 2.05) is 0 Å². The van der Waals surface area contributed by atoms with Crippen LogP contribution in [0.1, 0.15) is 0 Å². The molecule has 0 saturated carbocycles. The zero-order chi connectivity index (χ0) is 48.4. The second-order valence-corrected chi connectivity index (χ2v) is 19.6. The van der Waals surface area contributed by atoms with Crippen LogP contribution in [0.15, 0.2) is 255 Å². The van der Waals surface area contributed by atoms with Gasteiger partial charge in [-0.2, -0.15) is 0 Å². The average Bonchev–Trinajstić information content (AvgIpc) is 3.81. The van der Waals surface area contributed by atoms with Gasteiger partial charge >= 0.3 is 0 Å². The Morgan fingerprint density at radius 3 is 1.41 bits per heavy atom. The summed E-state index contributed by atoms with van der Waals surface area (Å²) in [6.45, 7) is -0.273. The number of ether oxygens (including phenoxy) is 2. The second kappa shape index (κ2) is 15.9. The van der Waals surface area contributed by atoms with Gasteiger partial charge in [0.05, 0.1) is 22.4 Å². The number of aromatic nitrogens is 1. The lowest BCUT2D eigenvalue weighted by Gasteiger charge is -2.45. The number of para-hydroxylation sites is 8. The summed E-state index contributed by atoms with van der Waals surface area (Å²) in [7, 11) is 0. The maximum absolute atomic E-state index is 7.43. The van der Waals surface area contributed by atoms with Crippen molar-refractivity contribution in [2.45, 2.75) is 0 Å². The largest absolute Gasteiger partial charge is 0.458 e. The molecule has 8 heteroatoms. The minimum absolute atomic E-state index is 0.124. The number of hydrogen-bond acceptors (Lipinski definition) is 5. The summed E-state index contributed by atoms with van der Waals surface area (Å²) in [5, 5.41) is 2.41. The van der Waals surface area contributed by atoms with Crippen LogP contribution >= 0.6 is 0 Å². The SMILES string of the molecule is c1ccc(N(c2ccccc2)c2cc3c4c(c2)N(c2ccccc2)c2cc5c(cc2B4c2ccccc2N3c2ccccc2)B2c3ccccc3Oc3cc(-n4c6ccccc6c6ccccc64)cc(c32)O5)cc1. The Balaban J connectivity index is 0.977. The van der Waals surface area contributed by atoms with Gasteiger partial charge in [0, 0.05) is 79.9 Å². The first-order chi connectivity index (χ1) is 36.7. The van der Waals surface area contributed by atoms with E-state index in [9.17, 15) is 0 Å². The van der Waals surface area contributed by atoms with E-state index in [0.717, 1.165) is 107 Å². The Labute approximate surface area is 429 Å². The lowest BCUT2D eigenvalue weighted by molar-refractivity contribution is 0.464. The highest BCUT2D eigenvalue weighted by Crippen LogP contribution is 2.49. The van der Waals surface area contributed by atoms with Gasteiger partial charge < -0.3 is 28.7 Å². The molecule has 1 aromatic heterocycles. The quantitative estimate of drug-likeness (QED) is 0.155. The van der Waals surface area contributed by atoms with E-state index in [-0.39, 0.29) is 13.4 Å². The van der Waals surface area contributed by atoms with Crippen molar-refractivity contribution in [3.05, 3.63) is 255 Å². The van der Waals surface area contributed by atoms with E-state index in [1.54, 1.807) is 0 Å². The van der Waals surface area contributed by atoms with Gasteiger partial charge in [0.1, 0.15) is 23.0 Å². The third kappa shape index (κ3) is 5.96. The van der Waals surface area contributed by atoms with Crippen molar-refractivity contribution in [3.63, 3.8) is 0 Å². The number of fused-ring (bicyclic) bond motifs is 11. The fourth-order valence-electron chi connectivity index (χ4n) is 12.6. The standard InChI is InChI=1S/C66H42B2N4O2/c1-5-21-43(22-6-1)69(44-23-7-2-8-24-44)47-37-59-65-60(38-47)71(46-27-11-4-12-28-46)58-42-62-54(41-53(58)67(65)51-31-15-19-35-57(51)70(59)45-25-9-3-10-26-45)68-52-32-16-20-36-61(52)73-63-39-48(40-64(74-62)66(63)68)72-55-33-17-13-29-49(55)50-30-14-18-34-56(50)72/h1-42H. The summed E-state index contributed by atoms with van der Waals surface area (Å²) in [6, 6.07) is 92.1. The fraction of sp³-hybridized carbons (Fsp3) is 0. The molecule has 6 nitrogen and oxygen atoms in total. The van der Waals surface area contributed by atoms with Crippen LogP contribution in [-0.4, -0.2) is 18.0 Å². The molecule has 12 aromatic rings. The zero-order valence-electron chi connectivity index (χ0n) is 40.0. The number of nitrogens with zero attached hydrogens (tertiary/aromatic N) is 4. The molecule has 0 aliphatic carbocycles. The Kier molecular flexibility index (Phi) is 8.83. The molecule has 74 heavy (non-hydrogen) atoms. The Morgan fingerprint density at radius 1 is 0.297 bits per heavy atom. The van der Waals surface area contributed by atoms with Gasteiger partial charge in [0.2, 0.25) is 0 Å². The van der Waals surface area contributed by atoms with Gasteiger partial charge in [-0.1, -0.05) is 152 Å². The van der Waals surface area contributed by atoms with Crippen LogP contribution in [0.4, 0.5) is 51.2 Å². The van der Waals surface area contributed by atoms with Gasteiger partial charge in [-0.3, -0.25) is 0 Å². The van der Waals surface area contributed by atoms with E-state index >= 15 is 0 Å². The van der Waals surface area contributed by atoms with E-state index < -0.39 is 0 Å². The van der Waals surface area contributed by atoms with Gasteiger partial charge in [-0.05, 0) is 112 Å². The maximum Gasteiger partial charge on any atom is 0.260 e. The first-order valence-electron chi connectivity index (χ1n) is 25.4. The number of hydrogen-bond donors (Lipinski definition) is 0. The van der Waals surface area contributed by atoms with Crippen LogP contribution in [0.25, 0.3) is 27.5 Å². The molecule has 0 saturated heterocycles. The van der Waals surface area contributed by atoms with Crippen molar-refractivity contribution < 1.29 is 9.47 Å². The summed E-state index contributed by atoms with van der Waals surface area (Å²) < 4.78 is 16.8. The molecular formula is C66H42B2N4O2. The monoisotopic (exact) mass is 944 g/mol. The third-order valence-corrected chi connectivity index (χ3v) is 15.6. The minimum Gasteiger partial charge on any atom is -0.458 e. The van der Waals surface area contributed by atoms with Crippen molar-refractivity contribution in [3.8, 4) is 28.7 Å². The molecule has 16 rings (SSSR count). The predicted octanol–water partition coefficient (Wildman–Crippen LogP) is 13.1. The highest BCUT2D eigenvalue weighted by molar-refractivity contribution is 7.02. The summed E-state index contributed by atoms with van der Waals surface area (Å²) in [5.41, 5.74) is 20.1. The molecule has 11 aromatic carbocycles. The van der Waals surface area contributed by atoms with Crippen LogP contribution in [0.3, 0.4) is 0 Å². The average molecular weight is 945 g/mol. The highest BCUT2D eigenvalue weighted by atomic mass is 16.5. The van der Waals surface area contributed by atoms with Gasteiger partial charge in [-0.15, -0.1) is 0 Å². The molecule has 0 radical (unpaired) electrons. The van der Waals surface area contributed by atoms with Crippen molar-refractivity contribution in [1.29, 1.82) is 0 Å². The summed E-state index contributed by atoms with van der Waals surface area (Å²) in [6.07, 6.45) is 0. The second-order valence-electron chi connectivity index (χ2n) is 19.6. The van der Waals surface area contributed by atoms with Gasteiger partial charge in [0.25, 0.3) is 13.4 Å². The molecule has 4 aliphatic rings. The molecule has 0 N–H and O–H groups in total. The highest BCUT2D eigenvalue weighted by Gasteiger charge is 2.47. The van der Waals surface area contributed by atoms with Gasteiger partial charge in [-0.25, -0.2) is 0 Å². The van der Waals surface area contributed by atoms with Crippen molar-refractivity contribution in [2.24, 2.45) is 0 Å². The van der Waals surface area contributed by atoms with E-state index in [1.165, 1.54) is 27.2 Å². The van der Waals surface area contributed by atoms with Crippen LogP contribution in [-0.2, 0) is 0 Å². The number of benzene rings is 11. The molecule has 0 fully saturated rings. The van der Waals surface area contributed by atoms with Gasteiger partial charge in [0.15, 0.2) is 0 Å². The summed E-state index contributed by atoms with van der Waals surface area (Å²) in [4.78, 5) is 7.34. The molecule has 0 amide bonds. The molecule has 4 aliphatic heterocycles. The maximum atomic E-state index is 7.43. The normalized spacial score (nSPS) is 13.2. The molecule has 0 spiro atoms. The fourth-order valence-corrected chi connectivity index (χ4v) is 12.6. The van der Waals surface area contributed by atoms with Crippen LogP contribution < -0.4 is 57.0 Å². The first kappa shape index (κ1) is 41.0. The van der Waals surface area contributed by atoms with Crippen molar-refractivity contribution >= 4 is 119 Å². The topological polar surface area (TPSA) is 33.1 Å². The van der Waals surface area contributed by atoms with Crippen LogP contribution in [0, 0.1) is 0 Å². The lowest BCUT2D eigenvalue weighted by Crippen LogP contribution is -2.64. The van der Waals surface area contributed by atoms with E-state index in [0.29, 0.717) is 0 Å². The Morgan fingerprint density at radius 2 is 0.784 bits per heavy atom. The van der Waals surface area contributed by atoms with Crippen LogP contribution in [0.2, 0.25) is 0 Å². The Hall–Kier alpha value is -9.65. The van der Waals surface area contributed by atoms with E-state index in [4.69, 9.17) is 9.47 Å². The summed E-state index contributed by atoms with van der Waals surface area (Å²) in [5.74, 6) is 3.28. The predicted molar refractivity (Wildman–Crippen MR) is 307 cm³/mol. The lowest BCUT2D eigenvalue weighted by atomic mass is 9.31. The smallest absolute Gasteiger partial charge is 0.260 e. The van der Waals surface area contributed by atoms with E-state index in [2.05, 4.69) is 274 Å². The van der Waals surface area contributed by atoms with Crippen molar-refractivity contribution in [2.75, 3.05) is 14.7 Å². The molecule has 5 heterocycles. The zero-order valence-corrected chi connectivity index (χ0v) is 40.0. The van der Waals surface area contributed by atoms with Crippen molar-refractivity contribution in [1.82, 2.24) is 4.57 Å². The molecule has 344 valence electrons. The molecule has 0 bridgehead atoms.